The summed E-state index contributed by atoms with van der Waals surface area (Å²) in [5.74, 6) is 6.74. The van der Waals surface area contributed by atoms with Crippen LogP contribution >= 0.6 is 0 Å². The molecule has 0 radical (unpaired) electrons. The first kappa shape index (κ1) is 15.1. The van der Waals surface area contributed by atoms with Gasteiger partial charge in [-0.2, -0.15) is 0 Å². The van der Waals surface area contributed by atoms with Crippen LogP contribution in [0.15, 0.2) is 48.1 Å². The minimum absolute atomic E-state index is 0.273. The lowest BCUT2D eigenvalue weighted by Gasteiger charge is -2.04. The van der Waals surface area contributed by atoms with Gasteiger partial charge >= 0.3 is 0 Å². The highest BCUT2D eigenvalue weighted by Gasteiger charge is 2.05. The second kappa shape index (κ2) is 8.09. The first-order valence-corrected chi connectivity index (χ1v) is 7.43. The summed E-state index contributed by atoms with van der Waals surface area (Å²) in [5.41, 5.74) is 6.92. The number of rotatable bonds is 7. The smallest absolute Gasteiger partial charge is 0.240 e. The minimum Gasteiger partial charge on any atom is -0.366 e. The number of nitrogens with two attached hydrogens (primary N) is 2. The fraction of sp³-hybridized carbons (Fsp3) is 0.375. The van der Waals surface area contributed by atoms with E-state index in [9.17, 15) is 0 Å². The van der Waals surface area contributed by atoms with Crippen molar-refractivity contribution >= 4 is 5.95 Å². The van der Waals surface area contributed by atoms with Gasteiger partial charge < -0.3 is 11.6 Å². The molecule has 0 fully saturated rings. The van der Waals surface area contributed by atoms with Crippen molar-refractivity contribution in [3.8, 4) is 0 Å². The molecular weight excluding hydrogens is 262 g/mol. The largest absolute Gasteiger partial charge is 0.366 e. The van der Waals surface area contributed by atoms with Crippen LogP contribution < -0.4 is 11.6 Å². The molecule has 1 heterocycles. The molecule has 2 rings (SSSR count). The number of anilines is 1. The Balaban J connectivity index is 1.61. The summed E-state index contributed by atoms with van der Waals surface area (Å²) in [5, 5.41) is 7.70. The molecule has 0 amide bonds. The molecule has 0 saturated carbocycles. The molecule has 112 valence electrons. The van der Waals surface area contributed by atoms with E-state index in [0.29, 0.717) is 0 Å². The molecule has 0 spiro atoms. The summed E-state index contributed by atoms with van der Waals surface area (Å²) in [7, 11) is 0. The Labute approximate surface area is 125 Å². The predicted molar refractivity (Wildman–Crippen MR) is 86.9 cm³/mol. The molecule has 0 aromatic carbocycles. The molecule has 1 aliphatic carbocycles. The number of hydrogen-bond donors (Lipinski definition) is 2. The van der Waals surface area contributed by atoms with Gasteiger partial charge in [-0.05, 0) is 24.8 Å². The number of aromatic nitrogens is 3. The Morgan fingerprint density at radius 3 is 2.33 bits per heavy atom. The van der Waals surface area contributed by atoms with Gasteiger partial charge in [0.25, 0.3) is 0 Å². The van der Waals surface area contributed by atoms with Crippen LogP contribution in [-0.4, -0.2) is 14.9 Å². The highest BCUT2D eigenvalue weighted by atomic mass is 15.4. The fourth-order valence-corrected chi connectivity index (χ4v) is 2.25. The molecule has 5 nitrogen and oxygen atoms in total. The van der Waals surface area contributed by atoms with Crippen molar-refractivity contribution in [1.29, 1.82) is 0 Å². The zero-order valence-corrected chi connectivity index (χ0v) is 12.3. The summed E-state index contributed by atoms with van der Waals surface area (Å²) in [6.45, 7) is 0. The summed E-state index contributed by atoms with van der Waals surface area (Å²) >= 11 is 0. The maximum Gasteiger partial charge on any atom is 0.240 e. The number of nitrogens with zero attached hydrogens (tertiary/aromatic N) is 3. The van der Waals surface area contributed by atoms with Crippen molar-refractivity contribution in [3.05, 3.63) is 53.9 Å². The molecule has 1 aliphatic rings. The normalized spacial score (nSPS) is 21.0. The van der Waals surface area contributed by atoms with E-state index in [4.69, 9.17) is 11.6 Å². The van der Waals surface area contributed by atoms with E-state index in [-0.39, 0.29) is 5.95 Å². The molecule has 0 unspecified atom stereocenters. The van der Waals surface area contributed by atoms with Crippen LogP contribution in [0.4, 0.5) is 5.95 Å². The van der Waals surface area contributed by atoms with Gasteiger partial charge in [-0.3, -0.25) is 0 Å². The zero-order chi connectivity index (χ0) is 14.9. The van der Waals surface area contributed by atoms with Crippen LogP contribution in [0.1, 0.15) is 37.9 Å². The van der Waals surface area contributed by atoms with Crippen LogP contribution in [-0.2, 0) is 6.42 Å². The Bertz CT molecular complexity index is 563. The van der Waals surface area contributed by atoms with Crippen LogP contribution in [0.25, 0.3) is 0 Å². The van der Waals surface area contributed by atoms with Gasteiger partial charge in [0, 0.05) is 6.42 Å². The zero-order valence-electron chi connectivity index (χ0n) is 12.3. The van der Waals surface area contributed by atoms with Crippen molar-refractivity contribution < 1.29 is 0 Å². The van der Waals surface area contributed by atoms with E-state index in [1.165, 1.54) is 29.5 Å². The standard InChI is InChI=1S/C16H23N5/c17-16-20-19-15(21(16)18)13-9-5-4-8-12-14-10-6-2-1-3-7-11-14/h1-3,6-7,10-11H,4-5,8-9,12-13,18H2,(H2,17,20)/b2-1-,3-1?,6-2?,7-3-,10-6-,11-7?,14-10?,14-11+. The van der Waals surface area contributed by atoms with Crippen LogP contribution in [0.5, 0.6) is 0 Å². The van der Waals surface area contributed by atoms with Gasteiger partial charge in [-0.15, -0.1) is 10.2 Å². The summed E-state index contributed by atoms with van der Waals surface area (Å²) in [6, 6.07) is 0. The molecule has 4 N–H and O–H groups in total. The third-order valence-corrected chi connectivity index (χ3v) is 3.47. The predicted octanol–water partition coefficient (Wildman–Crippen LogP) is 2.68. The SMILES string of the molecule is Nc1nnc(CCCCCCC2=C/C=C\C=C/C=C\2)n1N. The Morgan fingerprint density at radius 1 is 0.857 bits per heavy atom. The maximum absolute atomic E-state index is 5.71. The quantitative estimate of drug-likeness (QED) is 0.596. The molecule has 21 heavy (non-hydrogen) atoms. The summed E-state index contributed by atoms with van der Waals surface area (Å²) < 4.78 is 1.37. The van der Waals surface area contributed by atoms with Crippen molar-refractivity contribution in [3.63, 3.8) is 0 Å². The Kier molecular flexibility index (Phi) is 5.82. The van der Waals surface area contributed by atoms with Crippen LogP contribution in [0.3, 0.4) is 0 Å². The van der Waals surface area contributed by atoms with E-state index in [0.717, 1.165) is 25.1 Å². The lowest BCUT2D eigenvalue weighted by molar-refractivity contribution is 0.624. The Hall–Kier alpha value is -2.30. The van der Waals surface area contributed by atoms with Gasteiger partial charge in [0.2, 0.25) is 5.95 Å². The fourth-order valence-electron chi connectivity index (χ4n) is 2.25. The van der Waals surface area contributed by atoms with Crippen molar-refractivity contribution in [1.82, 2.24) is 14.9 Å². The molecule has 0 aliphatic heterocycles. The monoisotopic (exact) mass is 285 g/mol. The number of hydrogen-bond acceptors (Lipinski definition) is 4. The van der Waals surface area contributed by atoms with Crippen LogP contribution in [0.2, 0.25) is 0 Å². The molecule has 1 aromatic rings. The average molecular weight is 285 g/mol. The molecule has 5 heteroatoms. The first-order chi connectivity index (χ1) is 10.3. The van der Waals surface area contributed by atoms with E-state index < -0.39 is 0 Å². The van der Waals surface area contributed by atoms with E-state index in [1.54, 1.807) is 0 Å². The van der Waals surface area contributed by atoms with Crippen LogP contribution in [0, 0.1) is 0 Å². The van der Waals surface area contributed by atoms with Gasteiger partial charge in [-0.1, -0.05) is 55.4 Å². The second-order valence-electron chi connectivity index (χ2n) is 5.13. The van der Waals surface area contributed by atoms with Gasteiger partial charge in [0.15, 0.2) is 5.82 Å². The maximum atomic E-state index is 5.71. The van der Waals surface area contributed by atoms with E-state index in [2.05, 4.69) is 46.7 Å². The topological polar surface area (TPSA) is 82.8 Å². The number of aryl methyl sites for hydroxylation is 1. The van der Waals surface area contributed by atoms with Crippen molar-refractivity contribution in [2.24, 2.45) is 0 Å². The number of unbranched alkanes of at least 4 members (excludes halogenated alkanes) is 3. The third-order valence-electron chi connectivity index (χ3n) is 3.47. The minimum atomic E-state index is 0.273. The van der Waals surface area contributed by atoms with E-state index in [1.807, 2.05) is 6.08 Å². The summed E-state index contributed by atoms with van der Waals surface area (Å²) in [4.78, 5) is 0. The third kappa shape index (κ3) is 4.95. The number of nitrogen functional groups attached to an aromatic ring is 2. The highest BCUT2D eigenvalue weighted by Crippen LogP contribution is 2.14. The van der Waals surface area contributed by atoms with Gasteiger partial charge in [0.05, 0.1) is 0 Å². The number of allylic oxidation sites excluding steroid dienone is 8. The first-order valence-electron chi connectivity index (χ1n) is 7.43. The van der Waals surface area contributed by atoms with Crippen molar-refractivity contribution in [2.75, 3.05) is 11.6 Å². The molecule has 0 bridgehead atoms. The van der Waals surface area contributed by atoms with Gasteiger partial charge in [-0.25, -0.2) is 4.68 Å². The summed E-state index contributed by atoms with van der Waals surface area (Å²) in [6.07, 6.45) is 21.3. The Morgan fingerprint density at radius 2 is 1.57 bits per heavy atom. The lowest BCUT2D eigenvalue weighted by Crippen LogP contribution is -2.15. The van der Waals surface area contributed by atoms with Gasteiger partial charge in [0.1, 0.15) is 0 Å². The molecule has 1 aromatic heterocycles. The second-order valence-corrected chi connectivity index (χ2v) is 5.13. The molecule has 0 atom stereocenters. The molecule has 0 saturated heterocycles. The highest BCUT2D eigenvalue weighted by molar-refractivity contribution is 5.30. The van der Waals surface area contributed by atoms with Crippen molar-refractivity contribution in [2.45, 2.75) is 38.5 Å². The molecular formula is C16H23N5. The average Bonchev–Trinajstić information content (AvgIpc) is 2.76. The van der Waals surface area contributed by atoms with E-state index >= 15 is 0 Å². The lowest BCUT2D eigenvalue weighted by atomic mass is 10.0.